The summed E-state index contributed by atoms with van der Waals surface area (Å²) in [6.45, 7) is 5.02. The van der Waals surface area contributed by atoms with Crippen molar-refractivity contribution in [2.45, 2.75) is 24.9 Å². The molecule has 6 nitrogen and oxygen atoms in total. The molecule has 1 heterocycles. The highest BCUT2D eigenvalue weighted by molar-refractivity contribution is 7.92. The molecule has 4 rings (SSSR count). The molecule has 0 aromatic heterocycles. The van der Waals surface area contributed by atoms with Crippen LogP contribution in [0.3, 0.4) is 0 Å². The molecule has 3 aromatic carbocycles. The van der Waals surface area contributed by atoms with Crippen LogP contribution in [0.5, 0.6) is 0 Å². The van der Waals surface area contributed by atoms with Gasteiger partial charge in [0.15, 0.2) is 0 Å². The molecule has 0 saturated carbocycles. The van der Waals surface area contributed by atoms with Gasteiger partial charge in [-0.15, -0.1) is 0 Å². The van der Waals surface area contributed by atoms with Crippen LogP contribution in [0.25, 0.3) is 0 Å². The number of nitrogens with one attached hydrogen (secondary N) is 1. The van der Waals surface area contributed by atoms with E-state index in [9.17, 15) is 26.4 Å². The van der Waals surface area contributed by atoms with Crippen molar-refractivity contribution >= 4 is 27.3 Å². The first-order valence-electron chi connectivity index (χ1n) is 11.4. The summed E-state index contributed by atoms with van der Waals surface area (Å²) in [5.41, 5.74) is 1.99. The van der Waals surface area contributed by atoms with Crippen LogP contribution in [-0.2, 0) is 16.2 Å². The Bertz CT molecular complexity index is 1370. The van der Waals surface area contributed by atoms with E-state index in [1.165, 1.54) is 24.3 Å². The summed E-state index contributed by atoms with van der Waals surface area (Å²) in [7, 11) is -3.83. The summed E-state index contributed by atoms with van der Waals surface area (Å²) in [6.07, 6.45) is -4.42. The highest BCUT2D eigenvalue weighted by atomic mass is 32.2. The molecule has 0 radical (unpaired) electrons. The summed E-state index contributed by atoms with van der Waals surface area (Å²) in [5, 5.41) is 0. The lowest BCUT2D eigenvalue weighted by atomic mass is 10.1. The van der Waals surface area contributed by atoms with E-state index in [1.807, 2.05) is 11.8 Å². The van der Waals surface area contributed by atoms with Crippen molar-refractivity contribution in [2.24, 2.45) is 0 Å². The van der Waals surface area contributed by atoms with Crippen LogP contribution >= 0.6 is 0 Å². The number of halogens is 3. The van der Waals surface area contributed by atoms with Gasteiger partial charge in [-0.2, -0.15) is 13.2 Å². The molecular formula is C26H26F3N3O3S. The average Bonchev–Trinajstić information content (AvgIpc) is 2.85. The third-order valence-electron chi connectivity index (χ3n) is 6.17. The Balaban J connectivity index is 1.46. The van der Waals surface area contributed by atoms with Crippen molar-refractivity contribution < 1.29 is 26.4 Å². The zero-order valence-electron chi connectivity index (χ0n) is 19.8. The van der Waals surface area contributed by atoms with Crippen molar-refractivity contribution in [1.82, 2.24) is 4.90 Å². The normalized spacial score (nSPS) is 14.6. The molecule has 0 spiro atoms. The number of benzene rings is 3. The van der Waals surface area contributed by atoms with Crippen LogP contribution in [0.2, 0.25) is 0 Å². The predicted octanol–water partition coefficient (Wildman–Crippen LogP) is 5.09. The van der Waals surface area contributed by atoms with Gasteiger partial charge in [0.25, 0.3) is 15.9 Å². The molecule has 0 bridgehead atoms. The number of anilines is 2. The lowest BCUT2D eigenvalue weighted by molar-refractivity contribution is -0.137. The second-order valence-corrected chi connectivity index (χ2v) is 10.5. The van der Waals surface area contributed by atoms with Crippen LogP contribution in [0.1, 0.15) is 27.0 Å². The van der Waals surface area contributed by atoms with Gasteiger partial charge in [-0.3, -0.25) is 9.52 Å². The summed E-state index contributed by atoms with van der Waals surface area (Å²) in [6, 6.07) is 16.4. The van der Waals surface area contributed by atoms with Crippen molar-refractivity contribution in [2.75, 3.05) is 35.8 Å². The Morgan fingerprint density at radius 3 is 2.19 bits per heavy atom. The number of carbonyl (C=O) groups excluding carboxylic acids is 1. The van der Waals surface area contributed by atoms with E-state index < -0.39 is 21.8 Å². The van der Waals surface area contributed by atoms with Gasteiger partial charge in [0.2, 0.25) is 0 Å². The van der Waals surface area contributed by atoms with E-state index in [-0.39, 0.29) is 10.8 Å². The largest absolute Gasteiger partial charge is 0.416 e. The Morgan fingerprint density at radius 2 is 1.56 bits per heavy atom. The second kappa shape index (κ2) is 9.85. The fourth-order valence-electron chi connectivity index (χ4n) is 4.02. The van der Waals surface area contributed by atoms with Gasteiger partial charge in [0, 0.05) is 37.4 Å². The standard InChI is InChI=1S/C26H26F3N3O3S/c1-18-6-10-23(11-7-18)36(34,35)30-24-16-20(9-8-19(24)2)25(33)32-14-12-31(13-15-32)22-5-3-4-21(17-22)26(27,28)29/h3-11,16-17,30H,12-15H2,1-2H3. The van der Waals surface area contributed by atoms with E-state index in [0.29, 0.717) is 48.7 Å². The maximum absolute atomic E-state index is 13.1. The van der Waals surface area contributed by atoms with Crippen LogP contribution in [0, 0.1) is 13.8 Å². The van der Waals surface area contributed by atoms with Crippen LogP contribution in [0.15, 0.2) is 71.6 Å². The Morgan fingerprint density at radius 1 is 0.889 bits per heavy atom. The molecule has 0 aliphatic carbocycles. The summed E-state index contributed by atoms with van der Waals surface area (Å²) < 4.78 is 67.4. The van der Waals surface area contributed by atoms with Crippen LogP contribution in [-0.4, -0.2) is 45.4 Å². The van der Waals surface area contributed by atoms with Gasteiger partial charge >= 0.3 is 6.18 Å². The van der Waals surface area contributed by atoms with Crippen LogP contribution in [0.4, 0.5) is 24.5 Å². The first-order valence-corrected chi connectivity index (χ1v) is 12.8. The molecule has 1 saturated heterocycles. The number of rotatable bonds is 5. The maximum atomic E-state index is 13.1. The number of aryl methyl sites for hydroxylation is 2. The molecular weight excluding hydrogens is 491 g/mol. The van der Waals surface area contributed by atoms with E-state index in [0.717, 1.165) is 17.7 Å². The fourth-order valence-corrected chi connectivity index (χ4v) is 5.14. The number of hydrogen-bond donors (Lipinski definition) is 1. The van der Waals surface area contributed by atoms with Crippen molar-refractivity contribution in [1.29, 1.82) is 0 Å². The van der Waals surface area contributed by atoms with E-state index in [2.05, 4.69) is 4.72 Å². The number of amides is 1. The van der Waals surface area contributed by atoms with E-state index in [4.69, 9.17) is 0 Å². The van der Waals surface area contributed by atoms with Crippen molar-refractivity contribution in [3.05, 3.63) is 89.0 Å². The Hall–Kier alpha value is -3.53. The smallest absolute Gasteiger partial charge is 0.368 e. The topological polar surface area (TPSA) is 69.7 Å². The molecule has 36 heavy (non-hydrogen) atoms. The summed E-state index contributed by atoms with van der Waals surface area (Å²) in [4.78, 5) is 16.7. The quantitative estimate of drug-likeness (QED) is 0.512. The first-order chi connectivity index (χ1) is 16.9. The lowest BCUT2D eigenvalue weighted by Crippen LogP contribution is -2.48. The van der Waals surface area contributed by atoms with Crippen molar-refractivity contribution in [3.63, 3.8) is 0 Å². The zero-order valence-corrected chi connectivity index (χ0v) is 20.7. The van der Waals surface area contributed by atoms with Gasteiger partial charge in [0.1, 0.15) is 0 Å². The molecule has 0 unspecified atom stereocenters. The summed E-state index contributed by atoms with van der Waals surface area (Å²) >= 11 is 0. The molecule has 1 amide bonds. The van der Waals surface area contributed by atoms with Gasteiger partial charge in [-0.05, 0) is 61.9 Å². The minimum Gasteiger partial charge on any atom is -0.368 e. The molecule has 1 N–H and O–H groups in total. The lowest BCUT2D eigenvalue weighted by Gasteiger charge is -2.36. The molecule has 1 aliphatic heterocycles. The molecule has 10 heteroatoms. The zero-order chi connectivity index (χ0) is 26.1. The highest BCUT2D eigenvalue weighted by Gasteiger charge is 2.31. The number of hydrogen-bond acceptors (Lipinski definition) is 4. The minimum absolute atomic E-state index is 0.120. The fraction of sp³-hybridized carbons (Fsp3) is 0.269. The third kappa shape index (κ3) is 5.64. The van der Waals surface area contributed by atoms with Gasteiger partial charge in [-0.1, -0.05) is 29.8 Å². The molecule has 3 aromatic rings. The second-order valence-electron chi connectivity index (χ2n) is 8.78. The van der Waals surface area contributed by atoms with E-state index >= 15 is 0 Å². The highest BCUT2D eigenvalue weighted by Crippen LogP contribution is 2.32. The SMILES string of the molecule is Cc1ccc(S(=O)(=O)Nc2cc(C(=O)N3CCN(c4cccc(C(F)(F)F)c4)CC3)ccc2C)cc1. The average molecular weight is 518 g/mol. The maximum Gasteiger partial charge on any atom is 0.416 e. The molecule has 0 atom stereocenters. The third-order valence-corrected chi connectivity index (χ3v) is 7.55. The van der Waals surface area contributed by atoms with Crippen LogP contribution < -0.4 is 9.62 Å². The van der Waals surface area contributed by atoms with Crippen molar-refractivity contribution in [3.8, 4) is 0 Å². The molecule has 190 valence electrons. The predicted molar refractivity (Wildman–Crippen MR) is 133 cm³/mol. The van der Waals surface area contributed by atoms with E-state index in [1.54, 1.807) is 42.2 Å². The number of alkyl halides is 3. The van der Waals surface area contributed by atoms with Gasteiger partial charge in [-0.25, -0.2) is 8.42 Å². The first kappa shape index (κ1) is 25.6. The summed E-state index contributed by atoms with van der Waals surface area (Å²) in [5.74, 6) is -0.269. The van der Waals surface area contributed by atoms with Gasteiger partial charge in [0.05, 0.1) is 16.1 Å². The number of sulfonamides is 1. The number of carbonyl (C=O) groups is 1. The molecule has 1 fully saturated rings. The minimum atomic E-state index is -4.42. The Kier molecular flexibility index (Phi) is 6.99. The van der Waals surface area contributed by atoms with Gasteiger partial charge < -0.3 is 9.80 Å². The Labute approximate surface area is 208 Å². The molecule has 1 aliphatic rings. The number of piperazine rings is 1. The monoisotopic (exact) mass is 517 g/mol. The number of nitrogens with zero attached hydrogens (tertiary/aromatic N) is 2.